The molecule has 5 rings (SSSR count). The van der Waals surface area contributed by atoms with Gasteiger partial charge in [-0.3, -0.25) is 4.68 Å². The molecular weight excluding hydrogens is 356 g/mol. The Morgan fingerprint density at radius 3 is 2.90 bits per heavy atom. The first-order valence-electron chi connectivity index (χ1n) is 10.0. The lowest BCUT2D eigenvalue weighted by molar-refractivity contribution is 0.614. The Morgan fingerprint density at radius 2 is 2.00 bits per heavy atom. The van der Waals surface area contributed by atoms with E-state index in [0.29, 0.717) is 24.1 Å². The predicted octanol–water partition coefficient (Wildman–Crippen LogP) is 5.29. The van der Waals surface area contributed by atoms with Crippen molar-refractivity contribution in [1.29, 1.82) is 5.26 Å². The lowest BCUT2D eigenvalue weighted by Gasteiger charge is -2.31. The first kappa shape index (κ1) is 17.5. The normalized spacial score (nSPS) is 18.1. The zero-order chi connectivity index (χ0) is 19.8. The zero-order valence-electron chi connectivity index (χ0n) is 16.3. The fourth-order valence-corrected chi connectivity index (χ4v) is 4.40. The monoisotopic (exact) mass is 378 g/mol. The Labute approximate surface area is 170 Å². The van der Waals surface area contributed by atoms with Gasteiger partial charge in [0, 0.05) is 23.0 Å². The number of hydrogen-bond acceptors (Lipinski definition) is 3. The molecule has 0 aliphatic carbocycles. The van der Waals surface area contributed by atoms with Gasteiger partial charge in [-0.2, -0.15) is 10.4 Å². The van der Waals surface area contributed by atoms with Crippen LogP contribution >= 0.6 is 0 Å². The van der Waals surface area contributed by atoms with Crippen molar-refractivity contribution in [3.05, 3.63) is 95.2 Å². The number of nitriles is 1. The molecule has 0 saturated carbocycles. The van der Waals surface area contributed by atoms with Crippen LogP contribution < -0.4 is 5.32 Å². The van der Waals surface area contributed by atoms with Gasteiger partial charge in [-0.05, 0) is 54.3 Å². The summed E-state index contributed by atoms with van der Waals surface area (Å²) in [6.07, 6.45) is 2.99. The van der Waals surface area contributed by atoms with E-state index in [1.807, 2.05) is 35.1 Å². The number of para-hydroxylation sites is 1. The van der Waals surface area contributed by atoms with Crippen LogP contribution in [0, 0.1) is 11.3 Å². The summed E-state index contributed by atoms with van der Waals surface area (Å²) in [6.45, 7) is 2.90. The second kappa shape index (κ2) is 7.10. The van der Waals surface area contributed by atoms with Crippen LogP contribution in [0.15, 0.2) is 72.9 Å². The Kier molecular flexibility index (Phi) is 4.29. The fraction of sp³-hybridized carbons (Fsp3) is 0.200. The van der Waals surface area contributed by atoms with Crippen LogP contribution in [0.5, 0.6) is 0 Å². The van der Waals surface area contributed by atoms with Gasteiger partial charge in [0.05, 0.1) is 29.9 Å². The molecule has 0 amide bonds. The van der Waals surface area contributed by atoms with Crippen LogP contribution in [0.2, 0.25) is 0 Å². The Balaban J connectivity index is 1.54. The lowest BCUT2D eigenvalue weighted by atomic mass is 9.82. The second-order valence-electron chi connectivity index (χ2n) is 7.85. The van der Waals surface area contributed by atoms with Crippen molar-refractivity contribution in [2.75, 3.05) is 5.32 Å². The zero-order valence-corrected chi connectivity index (χ0v) is 16.3. The van der Waals surface area contributed by atoms with E-state index in [-0.39, 0.29) is 0 Å². The molecule has 3 aromatic carbocycles. The van der Waals surface area contributed by atoms with Crippen molar-refractivity contribution in [3.63, 3.8) is 0 Å². The molecule has 2 unspecified atom stereocenters. The maximum absolute atomic E-state index is 9.16. The summed E-state index contributed by atoms with van der Waals surface area (Å²) in [6, 6.07) is 25.7. The molecule has 4 aromatic rings. The van der Waals surface area contributed by atoms with Crippen molar-refractivity contribution in [2.45, 2.75) is 31.8 Å². The minimum absolute atomic E-state index is 0.372. The summed E-state index contributed by atoms with van der Waals surface area (Å²) in [5.41, 5.74) is 6.82. The molecule has 0 fully saturated rings. The lowest BCUT2D eigenvalue weighted by Crippen LogP contribution is -2.25. The first-order chi connectivity index (χ1) is 14.2. The fourth-order valence-electron chi connectivity index (χ4n) is 4.40. The second-order valence-corrected chi connectivity index (χ2v) is 7.85. The van der Waals surface area contributed by atoms with Gasteiger partial charge in [0.25, 0.3) is 0 Å². The third-order valence-electron chi connectivity index (χ3n) is 5.79. The molecule has 0 saturated heterocycles. The molecule has 0 radical (unpaired) electrons. The Morgan fingerprint density at radius 1 is 1.10 bits per heavy atom. The molecule has 4 heteroatoms. The molecule has 4 nitrogen and oxygen atoms in total. The molecular formula is C25H22N4. The third-order valence-corrected chi connectivity index (χ3v) is 5.79. The molecule has 1 aliphatic rings. The van der Waals surface area contributed by atoms with Crippen molar-refractivity contribution >= 4 is 16.6 Å². The minimum Gasteiger partial charge on any atom is -0.382 e. The van der Waals surface area contributed by atoms with Gasteiger partial charge in [-0.25, -0.2) is 0 Å². The largest absolute Gasteiger partial charge is 0.382 e. The molecule has 1 aromatic heterocycles. The molecule has 142 valence electrons. The Bertz CT molecular complexity index is 1230. The third kappa shape index (κ3) is 3.25. The van der Waals surface area contributed by atoms with Gasteiger partial charge in [0.2, 0.25) is 0 Å². The highest BCUT2D eigenvalue weighted by molar-refractivity contribution is 5.80. The highest BCUT2D eigenvalue weighted by Crippen LogP contribution is 2.39. The molecule has 2 atom stereocenters. The van der Waals surface area contributed by atoms with Crippen molar-refractivity contribution in [1.82, 2.24) is 9.78 Å². The van der Waals surface area contributed by atoms with E-state index >= 15 is 0 Å². The Hall–Kier alpha value is -3.58. The van der Waals surface area contributed by atoms with Crippen molar-refractivity contribution in [2.24, 2.45) is 0 Å². The summed E-state index contributed by atoms with van der Waals surface area (Å²) < 4.78 is 2.03. The number of aromatic nitrogens is 2. The quantitative estimate of drug-likeness (QED) is 0.527. The molecule has 29 heavy (non-hydrogen) atoms. The van der Waals surface area contributed by atoms with E-state index in [0.717, 1.165) is 22.9 Å². The van der Waals surface area contributed by atoms with Gasteiger partial charge in [0.1, 0.15) is 0 Å². The minimum atomic E-state index is 0.372. The number of fused-ring (bicyclic) bond motifs is 2. The van der Waals surface area contributed by atoms with Crippen LogP contribution in [-0.2, 0) is 6.54 Å². The van der Waals surface area contributed by atoms with Crippen molar-refractivity contribution in [3.8, 4) is 6.07 Å². The number of hydrogen-bond donors (Lipinski definition) is 1. The predicted molar refractivity (Wildman–Crippen MR) is 116 cm³/mol. The van der Waals surface area contributed by atoms with Gasteiger partial charge >= 0.3 is 0 Å². The number of nitrogens with one attached hydrogen (secondary N) is 1. The average Bonchev–Trinajstić information content (AvgIpc) is 3.15. The van der Waals surface area contributed by atoms with Gasteiger partial charge in [-0.1, -0.05) is 42.5 Å². The number of anilines is 1. The maximum atomic E-state index is 9.16. The van der Waals surface area contributed by atoms with E-state index in [4.69, 9.17) is 5.26 Å². The van der Waals surface area contributed by atoms with E-state index in [9.17, 15) is 0 Å². The van der Waals surface area contributed by atoms with Crippen LogP contribution in [0.3, 0.4) is 0 Å². The summed E-state index contributed by atoms with van der Waals surface area (Å²) in [4.78, 5) is 0. The summed E-state index contributed by atoms with van der Waals surface area (Å²) in [5, 5.41) is 18.5. The standard InChI is InChI=1S/C25H22N4/c1-17-11-23(22-7-2-3-8-24(22)28-17)20-9-10-21-15-27-29(25(21)13-20)16-19-6-4-5-18(12-19)14-26/h2-10,12-13,15,17,23,28H,11,16H2,1H3. The highest BCUT2D eigenvalue weighted by atomic mass is 15.3. The highest BCUT2D eigenvalue weighted by Gasteiger charge is 2.25. The summed E-state index contributed by atoms with van der Waals surface area (Å²) in [7, 11) is 0. The van der Waals surface area contributed by atoms with E-state index < -0.39 is 0 Å². The van der Waals surface area contributed by atoms with Gasteiger partial charge < -0.3 is 5.32 Å². The molecule has 2 heterocycles. The molecule has 0 spiro atoms. The van der Waals surface area contributed by atoms with E-state index in [1.165, 1.54) is 16.8 Å². The van der Waals surface area contributed by atoms with Crippen LogP contribution in [0.4, 0.5) is 5.69 Å². The smallest absolute Gasteiger partial charge is 0.0991 e. The number of benzene rings is 3. The van der Waals surface area contributed by atoms with E-state index in [1.54, 1.807) is 0 Å². The number of rotatable bonds is 3. The molecule has 1 N–H and O–H groups in total. The SMILES string of the molecule is CC1CC(c2ccc3cnn(Cc4cccc(C#N)c4)c3c2)c2ccccc2N1. The van der Waals surface area contributed by atoms with Crippen molar-refractivity contribution < 1.29 is 0 Å². The van der Waals surface area contributed by atoms with E-state index in [2.05, 4.69) is 65.9 Å². The maximum Gasteiger partial charge on any atom is 0.0991 e. The topological polar surface area (TPSA) is 53.6 Å². The summed E-state index contributed by atoms with van der Waals surface area (Å²) in [5.74, 6) is 0.372. The van der Waals surface area contributed by atoms with Gasteiger partial charge in [-0.15, -0.1) is 0 Å². The summed E-state index contributed by atoms with van der Waals surface area (Å²) >= 11 is 0. The average molecular weight is 378 g/mol. The first-order valence-corrected chi connectivity index (χ1v) is 10.0. The van der Waals surface area contributed by atoms with Gasteiger partial charge in [0.15, 0.2) is 0 Å². The molecule has 1 aliphatic heterocycles. The molecule has 0 bridgehead atoms. The van der Waals surface area contributed by atoms with Crippen LogP contribution in [-0.4, -0.2) is 15.8 Å². The van der Waals surface area contributed by atoms with Crippen LogP contribution in [0.25, 0.3) is 10.9 Å². The number of nitrogens with zero attached hydrogens (tertiary/aromatic N) is 3. The van der Waals surface area contributed by atoms with Crippen LogP contribution in [0.1, 0.15) is 41.5 Å².